The summed E-state index contributed by atoms with van der Waals surface area (Å²) in [5.74, 6) is 0.544. The highest BCUT2D eigenvalue weighted by Gasteiger charge is 2.10. The Balaban J connectivity index is 1.55. The molecule has 0 radical (unpaired) electrons. The van der Waals surface area contributed by atoms with Crippen LogP contribution in [0.1, 0.15) is 5.76 Å². The summed E-state index contributed by atoms with van der Waals surface area (Å²) in [6.45, 7) is 0.711. The Morgan fingerprint density at radius 1 is 1.00 bits per heavy atom. The molecule has 0 saturated heterocycles. The number of nitrogens with zero attached hydrogens (tertiary/aromatic N) is 3. The third-order valence-corrected chi connectivity index (χ3v) is 4.96. The van der Waals surface area contributed by atoms with Crippen molar-refractivity contribution in [1.29, 1.82) is 0 Å². The van der Waals surface area contributed by atoms with Crippen LogP contribution in [0.5, 0.6) is 0 Å². The number of rotatable bonds is 6. The Kier molecular flexibility index (Phi) is 5.76. The van der Waals surface area contributed by atoms with Crippen LogP contribution in [0, 0.1) is 5.82 Å². The lowest BCUT2D eigenvalue weighted by Crippen LogP contribution is -2.09. The van der Waals surface area contributed by atoms with Crippen molar-refractivity contribution in [1.82, 2.24) is 14.9 Å². The summed E-state index contributed by atoms with van der Waals surface area (Å²) in [6, 6.07) is 12.5. The van der Waals surface area contributed by atoms with Gasteiger partial charge in [-0.05, 0) is 56.6 Å². The average Bonchev–Trinajstić information content (AvgIpc) is 3.08. The molecule has 2 N–H and O–H groups in total. The maximum absolute atomic E-state index is 14.2. The van der Waals surface area contributed by atoms with E-state index in [4.69, 9.17) is 27.6 Å². The summed E-state index contributed by atoms with van der Waals surface area (Å²) in [4.78, 5) is 10.3. The standard InChI is InChI=1S/C21H18Cl2FN5O/c1-29(2)11-15-8-12-7-13(4-6-19(12)30-15)27-21-25-10-18(24)20(28-21)26-14-3-5-16(22)17(23)9-14/h3-10H,11H2,1-2H3,(H2,25,26,27,28). The largest absolute Gasteiger partial charge is 0.460 e. The smallest absolute Gasteiger partial charge is 0.229 e. The maximum atomic E-state index is 14.2. The summed E-state index contributed by atoms with van der Waals surface area (Å²) >= 11 is 11.9. The van der Waals surface area contributed by atoms with Crippen LogP contribution < -0.4 is 10.6 Å². The van der Waals surface area contributed by atoms with Crippen LogP contribution in [-0.4, -0.2) is 29.0 Å². The van der Waals surface area contributed by atoms with E-state index in [0.717, 1.165) is 28.6 Å². The van der Waals surface area contributed by atoms with Crippen LogP contribution in [0.2, 0.25) is 10.0 Å². The highest BCUT2D eigenvalue weighted by atomic mass is 35.5. The Hall–Kier alpha value is -2.87. The van der Waals surface area contributed by atoms with E-state index in [1.54, 1.807) is 18.2 Å². The molecule has 30 heavy (non-hydrogen) atoms. The molecule has 4 rings (SSSR count). The highest BCUT2D eigenvalue weighted by Crippen LogP contribution is 2.28. The lowest BCUT2D eigenvalue weighted by atomic mass is 10.2. The molecule has 2 aromatic heterocycles. The molecule has 0 fully saturated rings. The molecule has 0 spiro atoms. The van der Waals surface area contributed by atoms with Crippen molar-refractivity contribution in [3.05, 3.63) is 70.3 Å². The number of halogens is 3. The van der Waals surface area contributed by atoms with Crippen molar-refractivity contribution in [2.45, 2.75) is 6.54 Å². The molecule has 2 heterocycles. The SMILES string of the molecule is CN(C)Cc1cc2cc(Nc3ncc(F)c(Nc4ccc(Cl)c(Cl)c4)n3)ccc2o1. The van der Waals surface area contributed by atoms with E-state index in [9.17, 15) is 4.39 Å². The third-order valence-electron chi connectivity index (χ3n) is 4.22. The molecule has 0 atom stereocenters. The molecule has 0 amide bonds. The summed E-state index contributed by atoms with van der Waals surface area (Å²) in [7, 11) is 3.96. The molecule has 2 aromatic carbocycles. The van der Waals surface area contributed by atoms with Crippen molar-refractivity contribution in [2.24, 2.45) is 0 Å². The molecule has 0 unspecified atom stereocenters. The number of hydrogen-bond donors (Lipinski definition) is 2. The molecule has 0 bridgehead atoms. The second-order valence-corrected chi connectivity index (χ2v) is 7.79. The summed E-state index contributed by atoms with van der Waals surface area (Å²) in [5.41, 5.74) is 2.10. The van der Waals surface area contributed by atoms with Crippen LogP contribution in [-0.2, 0) is 6.54 Å². The fraction of sp³-hybridized carbons (Fsp3) is 0.143. The number of nitrogens with one attached hydrogen (secondary N) is 2. The van der Waals surface area contributed by atoms with Gasteiger partial charge in [0.1, 0.15) is 11.3 Å². The molecule has 0 aliphatic heterocycles. The van der Waals surface area contributed by atoms with Crippen molar-refractivity contribution in [3.8, 4) is 0 Å². The number of benzene rings is 2. The summed E-state index contributed by atoms with van der Waals surface area (Å²) in [6.07, 6.45) is 1.10. The Bertz CT molecular complexity index is 1210. The van der Waals surface area contributed by atoms with Gasteiger partial charge in [0.15, 0.2) is 11.6 Å². The molecular weight excluding hydrogens is 428 g/mol. The average molecular weight is 446 g/mol. The van der Waals surface area contributed by atoms with Crippen molar-refractivity contribution in [2.75, 3.05) is 24.7 Å². The van der Waals surface area contributed by atoms with Gasteiger partial charge in [-0.3, -0.25) is 0 Å². The van der Waals surface area contributed by atoms with E-state index in [1.165, 1.54) is 0 Å². The minimum Gasteiger partial charge on any atom is -0.460 e. The van der Waals surface area contributed by atoms with Gasteiger partial charge in [0.05, 0.1) is 22.8 Å². The normalized spacial score (nSPS) is 11.3. The van der Waals surface area contributed by atoms with Crippen molar-refractivity contribution >= 4 is 57.3 Å². The zero-order valence-electron chi connectivity index (χ0n) is 16.2. The van der Waals surface area contributed by atoms with E-state index in [2.05, 4.69) is 20.6 Å². The predicted octanol–water partition coefficient (Wildman–Crippen LogP) is 6.22. The van der Waals surface area contributed by atoms with Crippen LogP contribution in [0.25, 0.3) is 11.0 Å². The van der Waals surface area contributed by atoms with E-state index < -0.39 is 5.82 Å². The number of anilines is 4. The van der Waals surface area contributed by atoms with Crippen LogP contribution in [0.3, 0.4) is 0 Å². The molecular formula is C21H18Cl2FN5O. The number of fused-ring (bicyclic) bond motifs is 1. The maximum Gasteiger partial charge on any atom is 0.229 e. The number of aromatic nitrogens is 2. The Morgan fingerprint density at radius 2 is 1.77 bits per heavy atom. The summed E-state index contributed by atoms with van der Waals surface area (Å²) < 4.78 is 20.0. The van der Waals surface area contributed by atoms with Gasteiger partial charge in [-0.1, -0.05) is 23.2 Å². The van der Waals surface area contributed by atoms with Crippen molar-refractivity contribution < 1.29 is 8.81 Å². The monoisotopic (exact) mass is 445 g/mol. The van der Waals surface area contributed by atoms with Gasteiger partial charge < -0.3 is 20.0 Å². The molecule has 4 aromatic rings. The molecule has 154 valence electrons. The minimum absolute atomic E-state index is 0.0172. The lowest BCUT2D eigenvalue weighted by molar-refractivity contribution is 0.358. The minimum atomic E-state index is -0.592. The molecule has 0 aliphatic carbocycles. The molecule has 9 heteroatoms. The molecule has 0 aliphatic rings. The predicted molar refractivity (Wildman–Crippen MR) is 119 cm³/mol. The highest BCUT2D eigenvalue weighted by molar-refractivity contribution is 6.42. The molecule has 0 saturated carbocycles. The molecule has 6 nitrogen and oxygen atoms in total. The van der Waals surface area contributed by atoms with Gasteiger partial charge in [0.25, 0.3) is 0 Å². The van der Waals surface area contributed by atoms with E-state index >= 15 is 0 Å². The first-order valence-corrected chi connectivity index (χ1v) is 9.82. The third kappa shape index (κ3) is 4.64. The zero-order chi connectivity index (χ0) is 21.3. The fourth-order valence-electron chi connectivity index (χ4n) is 2.92. The summed E-state index contributed by atoms with van der Waals surface area (Å²) in [5, 5.41) is 7.70. The van der Waals surface area contributed by atoms with Crippen LogP contribution in [0.4, 0.5) is 27.5 Å². The van der Waals surface area contributed by atoms with Crippen molar-refractivity contribution in [3.63, 3.8) is 0 Å². The fourth-order valence-corrected chi connectivity index (χ4v) is 3.22. The lowest BCUT2D eigenvalue weighted by Gasteiger charge is -2.10. The number of furan rings is 1. The van der Waals surface area contributed by atoms with Gasteiger partial charge in [-0.2, -0.15) is 4.98 Å². The Morgan fingerprint density at radius 3 is 2.53 bits per heavy atom. The second-order valence-electron chi connectivity index (χ2n) is 6.97. The quantitative estimate of drug-likeness (QED) is 0.367. The first kappa shape index (κ1) is 20.4. The second kappa shape index (κ2) is 8.47. The van der Waals surface area contributed by atoms with E-state index in [0.29, 0.717) is 22.3 Å². The van der Waals surface area contributed by atoms with Gasteiger partial charge in [0.2, 0.25) is 5.95 Å². The van der Waals surface area contributed by atoms with Gasteiger partial charge in [0, 0.05) is 16.8 Å². The first-order chi connectivity index (χ1) is 14.4. The van der Waals surface area contributed by atoms with E-state index in [1.807, 2.05) is 43.3 Å². The Labute approximate surface area is 182 Å². The first-order valence-electron chi connectivity index (χ1n) is 9.06. The van der Waals surface area contributed by atoms with Gasteiger partial charge in [-0.25, -0.2) is 9.37 Å². The van der Waals surface area contributed by atoms with Gasteiger partial charge >= 0.3 is 0 Å². The number of hydrogen-bond acceptors (Lipinski definition) is 6. The van der Waals surface area contributed by atoms with E-state index in [-0.39, 0.29) is 11.8 Å². The van der Waals surface area contributed by atoms with Crippen LogP contribution in [0.15, 0.2) is 53.1 Å². The topological polar surface area (TPSA) is 66.2 Å². The van der Waals surface area contributed by atoms with Gasteiger partial charge in [-0.15, -0.1) is 0 Å². The van der Waals surface area contributed by atoms with Crippen LogP contribution >= 0.6 is 23.2 Å². The zero-order valence-corrected chi connectivity index (χ0v) is 17.7.